The second kappa shape index (κ2) is 6.36. The molecule has 0 amide bonds. The number of hydrogen-bond donors (Lipinski definition) is 1. The fourth-order valence-corrected chi connectivity index (χ4v) is 2.75. The molecule has 0 fully saturated rings. The molecule has 4 rings (SSSR count). The van der Waals surface area contributed by atoms with E-state index in [1.807, 2.05) is 18.2 Å². The summed E-state index contributed by atoms with van der Waals surface area (Å²) in [4.78, 5) is 20.1. The normalized spacial score (nSPS) is 10.8. The van der Waals surface area contributed by atoms with E-state index in [0.29, 0.717) is 33.8 Å². The van der Waals surface area contributed by atoms with E-state index in [4.69, 9.17) is 14.0 Å². The Morgan fingerprint density at radius 3 is 2.69 bits per heavy atom. The van der Waals surface area contributed by atoms with Gasteiger partial charge in [0, 0.05) is 23.2 Å². The third-order valence-corrected chi connectivity index (χ3v) is 4.09. The second-order valence-electron chi connectivity index (χ2n) is 5.57. The Balaban J connectivity index is 1.80. The molecule has 0 aliphatic rings. The molecule has 0 saturated carbocycles. The van der Waals surface area contributed by atoms with Crippen molar-refractivity contribution in [2.45, 2.75) is 0 Å². The molecule has 26 heavy (non-hydrogen) atoms. The summed E-state index contributed by atoms with van der Waals surface area (Å²) in [7, 11) is 3.13. The number of ether oxygens (including phenoxy) is 2. The van der Waals surface area contributed by atoms with Crippen LogP contribution >= 0.6 is 0 Å². The molecule has 1 N–H and O–H groups in total. The Morgan fingerprint density at radius 2 is 1.88 bits per heavy atom. The lowest BCUT2D eigenvalue weighted by atomic mass is 10.1. The standard InChI is InChI=1S/C19H15N3O4/c1-24-11-7-8-13(16(9-11)25-2)18-21-19(26-22-18)14-10-20-15-6-4-3-5-12(15)17(14)23/h3-10H,1-2H3,(H,20,23). The first kappa shape index (κ1) is 15.9. The Hall–Kier alpha value is -3.61. The molecule has 130 valence electrons. The van der Waals surface area contributed by atoms with Crippen LogP contribution in [0.5, 0.6) is 11.5 Å². The lowest BCUT2D eigenvalue weighted by Crippen LogP contribution is -2.06. The number of fused-ring (bicyclic) bond motifs is 1. The van der Waals surface area contributed by atoms with E-state index in [1.54, 1.807) is 44.7 Å². The van der Waals surface area contributed by atoms with Crippen molar-refractivity contribution in [2.24, 2.45) is 0 Å². The number of pyridine rings is 1. The van der Waals surface area contributed by atoms with Crippen molar-refractivity contribution in [3.05, 3.63) is 58.9 Å². The smallest absolute Gasteiger partial charge is 0.263 e. The number of aromatic nitrogens is 3. The van der Waals surface area contributed by atoms with Gasteiger partial charge in [0.15, 0.2) is 0 Å². The van der Waals surface area contributed by atoms with Gasteiger partial charge >= 0.3 is 0 Å². The molecule has 7 nitrogen and oxygen atoms in total. The molecule has 0 saturated heterocycles. The van der Waals surface area contributed by atoms with Gasteiger partial charge in [-0.25, -0.2) is 0 Å². The summed E-state index contributed by atoms with van der Waals surface area (Å²) in [6, 6.07) is 12.5. The van der Waals surface area contributed by atoms with Gasteiger partial charge in [-0.1, -0.05) is 17.3 Å². The number of benzene rings is 2. The van der Waals surface area contributed by atoms with Gasteiger partial charge in [0.1, 0.15) is 17.1 Å². The Kier molecular flexibility index (Phi) is 3.89. The molecular formula is C19H15N3O4. The maximum Gasteiger partial charge on any atom is 0.263 e. The van der Waals surface area contributed by atoms with Crippen LogP contribution in [0.1, 0.15) is 0 Å². The third-order valence-electron chi connectivity index (χ3n) is 4.09. The van der Waals surface area contributed by atoms with Crippen LogP contribution in [0.25, 0.3) is 33.7 Å². The van der Waals surface area contributed by atoms with Crippen LogP contribution in [0.3, 0.4) is 0 Å². The highest BCUT2D eigenvalue weighted by atomic mass is 16.5. The highest BCUT2D eigenvalue weighted by Gasteiger charge is 2.18. The van der Waals surface area contributed by atoms with Crippen molar-refractivity contribution in [3.63, 3.8) is 0 Å². The van der Waals surface area contributed by atoms with Gasteiger partial charge in [-0.05, 0) is 24.3 Å². The average molecular weight is 349 g/mol. The highest BCUT2D eigenvalue weighted by molar-refractivity contribution is 5.82. The van der Waals surface area contributed by atoms with Crippen LogP contribution in [0.15, 0.2) is 58.0 Å². The van der Waals surface area contributed by atoms with Gasteiger partial charge in [0.05, 0.1) is 19.8 Å². The van der Waals surface area contributed by atoms with Crippen LogP contribution in [0.4, 0.5) is 0 Å². The number of rotatable bonds is 4. The summed E-state index contributed by atoms with van der Waals surface area (Å²) < 4.78 is 15.9. The van der Waals surface area contributed by atoms with Crippen LogP contribution in [0.2, 0.25) is 0 Å². The molecule has 0 bridgehead atoms. The molecule has 0 atom stereocenters. The van der Waals surface area contributed by atoms with Gasteiger partial charge in [0.25, 0.3) is 5.89 Å². The van der Waals surface area contributed by atoms with E-state index in [1.165, 1.54) is 0 Å². The molecule has 7 heteroatoms. The average Bonchev–Trinajstić information content (AvgIpc) is 3.17. The van der Waals surface area contributed by atoms with Gasteiger partial charge in [0.2, 0.25) is 11.3 Å². The summed E-state index contributed by atoms with van der Waals surface area (Å²) in [5.41, 5.74) is 1.53. The first-order chi connectivity index (χ1) is 12.7. The van der Waals surface area contributed by atoms with Crippen molar-refractivity contribution in [3.8, 4) is 34.3 Å². The Bertz CT molecular complexity index is 1150. The maximum absolute atomic E-state index is 12.7. The summed E-state index contributed by atoms with van der Waals surface area (Å²) in [5.74, 6) is 1.67. The molecular weight excluding hydrogens is 334 g/mol. The maximum atomic E-state index is 12.7. The van der Waals surface area contributed by atoms with Crippen molar-refractivity contribution in [2.75, 3.05) is 14.2 Å². The van der Waals surface area contributed by atoms with Gasteiger partial charge in [-0.2, -0.15) is 4.98 Å². The van der Waals surface area contributed by atoms with Crippen LogP contribution < -0.4 is 14.9 Å². The van der Waals surface area contributed by atoms with E-state index in [0.717, 1.165) is 5.52 Å². The molecule has 0 aliphatic carbocycles. The van der Waals surface area contributed by atoms with Crippen LogP contribution in [0, 0.1) is 0 Å². The molecule has 4 aromatic rings. The zero-order valence-electron chi connectivity index (χ0n) is 14.1. The predicted octanol–water partition coefficient (Wildman–Crippen LogP) is 3.26. The lowest BCUT2D eigenvalue weighted by molar-refractivity contribution is 0.394. The molecule has 0 spiro atoms. The topological polar surface area (TPSA) is 90.2 Å². The number of hydrogen-bond acceptors (Lipinski definition) is 6. The van der Waals surface area contributed by atoms with Crippen LogP contribution in [-0.4, -0.2) is 29.3 Å². The van der Waals surface area contributed by atoms with E-state index in [2.05, 4.69) is 15.1 Å². The number of nitrogens with one attached hydrogen (secondary N) is 1. The number of H-pyrrole nitrogens is 1. The van der Waals surface area contributed by atoms with Crippen molar-refractivity contribution in [1.82, 2.24) is 15.1 Å². The summed E-state index contributed by atoms with van der Waals surface area (Å²) in [6.45, 7) is 0. The first-order valence-corrected chi connectivity index (χ1v) is 7.88. The van der Waals surface area contributed by atoms with E-state index < -0.39 is 0 Å². The van der Waals surface area contributed by atoms with Crippen molar-refractivity contribution < 1.29 is 14.0 Å². The Morgan fingerprint density at radius 1 is 1.04 bits per heavy atom. The largest absolute Gasteiger partial charge is 0.497 e. The third kappa shape index (κ3) is 2.59. The molecule has 0 aliphatic heterocycles. The minimum Gasteiger partial charge on any atom is -0.497 e. The van der Waals surface area contributed by atoms with Gasteiger partial charge < -0.3 is 19.0 Å². The number of para-hydroxylation sites is 1. The monoisotopic (exact) mass is 349 g/mol. The predicted molar refractivity (Wildman–Crippen MR) is 96.4 cm³/mol. The SMILES string of the molecule is COc1ccc(-c2noc(-c3c[nH]c4ccccc4c3=O)n2)c(OC)c1. The molecule has 2 aromatic heterocycles. The second-order valence-corrected chi connectivity index (χ2v) is 5.57. The van der Waals surface area contributed by atoms with Crippen LogP contribution in [-0.2, 0) is 0 Å². The fourth-order valence-electron chi connectivity index (χ4n) is 2.75. The summed E-state index contributed by atoms with van der Waals surface area (Å²) in [6.07, 6.45) is 1.58. The lowest BCUT2D eigenvalue weighted by Gasteiger charge is -2.07. The molecule has 0 unspecified atom stereocenters. The van der Waals surface area contributed by atoms with Gasteiger partial charge in [-0.15, -0.1) is 0 Å². The quantitative estimate of drug-likeness (QED) is 0.608. The van der Waals surface area contributed by atoms with E-state index in [-0.39, 0.29) is 11.3 Å². The molecule has 2 aromatic carbocycles. The van der Waals surface area contributed by atoms with E-state index in [9.17, 15) is 4.79 Å². The highest BCUT2D eigenvalue weighted by Crippen LogP contribution is 2.32. The number of aromatic amines is 1. The zero-order chi connectivity index (χ0) is 18.1. The molecule has 2 heterocycles. The van der Waals surface area contributed by atoms with Gasteiger partial charge in [-0.3, -0.25) is 4.79 Å². The van der Waals surface area contributed by atoms with Crippen molar-refractivity contribution in [1.29, 1.82) is 0 Å². The number of methoxy groups -OCH3 is 2. The minimum absolute atomic E-state index is 0.143. The van der Waals surface area contributed by atoms with E-state index >= 15 is 0 Å². The Labute approximate surface area is 148 Å². The minimum atomic E-state index is -0.170. The summed E-state index contributed by atoms with van der Waals surface area (Å²) >= 11 is 0. The fraction of sp³-hybridized carbons (Fsp3) is 0.105. The number of nitrogens with zero attached hydrogens (tertiary/aromatic N) is 2. The first-order valence-electron chi connectivity index (χ1n) is 7.88. The zero-order valence-corrected chi connectivity index (χ0v) is 14.1. The van der Waals surface area contributed by atoms with Crippen molar-refractivity contribution >= 4 is 10.9 Å². The molecule has 0 radical (unpaired) electrons. The summed E-state index contributed by atoms with van der Waals surface area (Å²) in [5, 5.41) is 4.55.